The smallest absolute Gasteiger partial charge is 0.227 e. The normalized spacial score (nSPS) is 10.1. The predicted octanol–water partition coefficient (Wildman–Crippen LogP) is 0.412. The molecule has 0 spiro atoms. The van der Waals surface area contributed by atoms with Crippen LogP contribution in [0.1, 0.15) is 5.69 Å². The third-order valence-corrected chi connectivity index (χ3v) is 1.43. The molecule has 0 saturated heterocycles. The van der Waals surface area contributed by atoms with Gasteiger partial charge in [-0.3, -0.25) is 0 Å². The van der Waals surface area contributed by atoms with Crippen molar-refractivity contribution in [1.82, 2.24) is 5.16 Å². The van der Waals surface area contributed by atoms with Crippen molar-refractivity contribution in [2.24, 2.45) is 0 Å². The average Bonchev–Trinajstić information content (AvgIpc) is 2.36. The maximum atomic E-state index is 8.60. The maximum Gasteiger partial charge on any atom is 0.227 e. The zero-order chi connectivity index (χ0) is 8.27. The molecule has 4 heteroatoms. The molecule has 0 aliphatic rings. The molecule has 0 aliphatic carbocycles. The fourth-order valence-corrected chi connectivity index (χ4v) is 0.790. The summed E-state index contributed by atoms with van der Waals surface area (Å²) in [6.45, 7) is 2.55. The number of rotatable bonds is 3. The highest BCUT2D eigenvalue weighted by molar-refractivity contribution is 5.33. The molecule has 62 valence electrons. The standard InChI is InChI=1S/C7H12N2O2/c1-6-5-7(11-8-6)9(2)3-4-10/h5,10H,3-4H2,1-2H3. The van der Waals surface area contributed by atoms with E-state index < -0.39 is 0 Å². The molecule has 0 atom stereocenters. The van der Waals surface area contributed by atoms with Gasteiger partial charge >= 0.3 is 0 Å². The van der Waals surface area contributed by atoms with Gasteiger partial charge in [-0.15, -0.1) is 0 Å². The lowest BCUT2D eigenvalue weighted by molar-refractivity contribution is 0.299. The van der Waals surface area contributed by atoms with Gasteiger partial charge in [-0.25, -0.2) is 0 Å². The molecule has 4 nitrogen and oxygen atoms in total. The van der Waals surface area contributed by atoms with Gasteiger partial charge in [-0.1, -0.05) is 5.16 Å². The highest BCUT2D eigenvalue weighted by Gasteiger charge is 2.04. The molecule has 1 aromatic rings. The van der Waals surface area contributed by atoms with Crippen LogP contribution >= 0.6 is 0 Å². The summed E-state index contributed by atoms with van der Waals surface area (Å²) in [6, 6.07) is 1.83. The Morgan fingerprint density at radius 3 is 2.91 bits per heavy atom. The van der Waals surface area contributed by atoms with Crippen LogP contribution in [0, 0.1) is 6.92 Å². The lowest BCUT2D eigenvalue weighted by Gasteiger charge is -2.11. The summed E-state index contributed by atoms with van der Waals surface area (Å²) in [5, 5.41) is 12.3. The number of anilines is 1. The van der Waals surface area contributed by atoms with Crippen molar-refractivity contribution < 1.29 is 9.63 Å². The van der Waals surface area contributed by atoms with Gasteiger partial charge in [0.15, 0.2) is 0 Å². The van der Waals surface area contributed by atoms with E-state index in [2.05, 4.69) is 5.16 Å². The van der Waals surface area contributed by atoms with Crippen molar-refractivity contribution >= 4 is 5.88 Å². The summed E-state index contributed by atoms with van der Waals surface area (Å²) >= 11 is 0. The number of hydrogen-bond donors (Lipinski definition) is 1. The first-order valence-corrected chi connectivity index (χ1v) is 3.49. The van der Waals surface area contributed by atoms with E-state index in [-0.39, 0.29) is 6.61 Å². The van der Waals surface area contributed by atoms with E-state index in [1.54, 1.807) is 4.90 Å². The molecule has 1 aromatic heterocycles. The Hall–Kier alpha value is -1.03. The van der Waals surface area contributed by atoms with E-state index in [1.807, 2.05) is 20.0 Å². The molecular weight excluding hydrogens is 144 g/mol. The van der Waals surface area contributed by atoms with Crippen LogP contribution < -0.4 is 4.90 Å². The Morgan fingerprint density at radius 1 is 1.73 bits per heavy atom. The minimum absolute atomic E-state index is 0.121. The third kappa shape index (κ3) is 1.94. The van der Waals surface area contributed by atoms with Crippen LogP contribution in [0.25, 0.3) is 0 Å². The van der Waals surface area contributed by atoms with Crippen molar-refractivity contribution in [2.75, 3.05) is 25.1 Å². The van der Waals surface area contributed by atoms with Gasteiger partial charge in [0, 0.05) is 19.7 Å². The van der Waals surface area contributed by atoms with Gasteiger partial charge in [0.25, 0.3) is 0 Å². The molecule has 0 fully saturated rings. The molecule has 0 aliphatic heterocycles. The van der Waals surface area contributed by atoms with Gasteiger partial charge in [-0.2, -0.15) is 0 Å². The molecule has 0 unspecified atom stereocenters. The number of aryl methyl sites for hydroxylation is 1. The number of aromatic nitrogens is 1. The first kappa shape index (κ1) is 8.07. The van der Waals surface area contributed by atoms with E-state index in [0.29, 0.717) is 12.4 Å². The van der Waals surface area contributed by atoms with Crippen LogP contribution in [-0.2, 0) is 0 Å². The molecule has 11 heavy (non-hydrogen) atoms. The molecule has 1 N–H and O–H groups in total. The predicted molar refractivity (Wildman–Crippen MR) is 41.6 cm³/mol. The topological polar surface area (TPSA) is 49.5 Å². The Bertz CT molecular complexity index is 222. The van der Waals surface area contributed by atoms with Gasteiger partial charge in [0.1, 0.15) is 0 Å². The van der Waals surface area contributed by atoms with Gasteiger partial charge in [0.2, 0.25) is 5.88 Å². The van der Waals surface area contributed by atoms with E-state index >= 15 is 0 Å². The van der Waals surface area contributed by atoms with Crippen LogP contribution in [0.5, 0.6) is 0 Å². The summed E-state index contributed by atoms with van der Waals surface area (Å²) in [7, 11) is 1.84. The lowest BCUT2D eigenvalue weighted by Crippen LogP contribution is -2.20. The second-order valence-electron chi connectivity index (χ2n) is 2.45. The molecule has 0 amide bonds. The van der Waals surface area contributed by atoms with Crippen molar-refractivity contribution in [3.8, 4) is 0 Å². The van der Waals surface area contributed by atoms with Crippen LogP contribution in [-0.4, -0.2) is 30.5 Å². The van der Waals surface area contributed by atoms with Crippen LogP contribution in [0.2, 0.25) is 0 Å². The molecule has 1 rings (SSSR count). The molecule has 0 saturated carbocycles. The van der Waals surface area contributed by atoms with Crippen LogP contribution in [0.3, 0.4) is 0 Å². The first-order chi connectivity index (χ1) is 5.24. The summed E-state index contributed by atoms with van der Waals surface area (Å²) < 4.78 is 4.94. The molecule has 0 aromatic carbocycles. The SMILES string of the molecule is Cc1cc(N(C)CCO)on1. The number of aliphatic hydroxyl groups excluding tert-OH is 1. The Morgan fingerprint density at radius 2 is 2.45 bits per heavy atom. The second kappa shape index (κ2) is 3.39. The Balaban J connectivity index is 2.60. The van der Waals surface area contributed by atoms with Gasteiger partial charge in [-0.05, 0) is 6.92 Å². The number of aliphatic hydroxyl groups is 1. The van der Waals surface area contributed by atoms with E-state index in [9.17, 15) is 0 Å². The largest absolute Gasteiger partial charge is 0.395 e. The molecule has 0 radical (unpaired) electrons. The Labute approximate surface area is 65.4 Å². The monoisotopic (exact) mass is 156 g/mol. The highest BCUT2D eigenvalue weighted by Crippen LogP contribution is 2.12. The van der Waals surface area contributed by atoms with E-state index in [4.69, 9.17) is 9.63 Å². The van der Waals surface area contributed by atoms with Crippen molar-refractivity contribution in [3.63, 3.8) is 0 Å². The third-order valence-electron chi connectivity index (χ3n) is 1.43. The highest BCUT2D eigenvalue weighted by atomic mass is 16.5. The zero-order valence-electron chi connectivity index (χ0n) is 6.74. The lowest BCUT2D eigenvalue weighted by atomic mass is 10.4. The average molecular weight is 156 g/mol. The van der Waals surface area contributed by atoms with Crippen molar-refractivity contribution in [3.05, 3.63) is 11.8 Å². The van der Waals surface area contributed by atoms with Crippen molar-refractivity contribution in [1.29, 1.82) is 0 Å². The van der Waals surface area contributed by atoms with Gasteiger partial charge in [0.05, 0.1) is 12.3 Å². The van der Waals surface area contributed by atoms with E-state index in [0.717, 1.165) is 5.69 Å². The van der Waals surface area contributed by atoms with Crippen molar-refractivity contribution in [2.45, 2.75) is 6.92 Å². The van der Waals surface area contributed by atoms with Crippen LogP contribution in [0.4, 0.5) is 5.88 Å². The fraction of sp³-hybridized carbons (Fsp3) is 0.571. The fourth-order valence-electron chi connectivity index (χ4n) is 0.790. The molecule has 1 heterocycles. The summed E-state index contributed by atoms with van der Waals surface area (Å²) in [6.07, 6.45) is 0. The quantitative estimate of drug-likeness (QED) is 0.688. The summed E-state index contributed by atoms with van der Waals surface area (Å²) in [5.74, 6) is 0.691. The zero-order valence-corrected chi connectivity index (χ0v) is 6.74. The first-order valence-electron chi connectivity index (χ1n) is 3.49. The van der Waals surface area contributed by atoms with E-state index in [1.165, 1.54) is 0 Å². The minimum Gasteiger partial charge on any atom is -0.395 e. The second-order valence-corrected chi connectivity index (χ2v) is 2.45. The van der Waals surface area contributed by atoms with Crippen LogP contribution in [0.15, 0.2) is 10.6 Å². The summed E-state index contributed by atoms with van der Waals surface area (Å²) in [4.78, 5) is 1.81. The Kier molecular flexibility index (Phi) is 2.48. The minimum atomic E-state index is 0.121. The summed E-state index contributed by atoms with van der Waals surface area (Å²) in [5.41, 5.74) is 0.852. The maximum absolute atomic E-state index is 8.60. The number of likely N-dealkylation sites (N-methyl/N-ethyl adjacent to an activating group) is 1. The van der Waals surface area contributed by atoms with Gasteiger partial charge < -0.3 is 14.5 Å². The number of nitrogens with zero attached hydrogens (tertiary/aromatic N) is 2. The molecule has 0 bridgehead atoms. The molecular formula is C7H12N2O2. The number of hydrogen-bond acceptors (Lipinski definition) is 4.